The molecule has 0 spiro atoms. The van der Waals surface area contributed by atoms with E-state index in [2.05, 4.69) is 35.6 Å². The van der Waals surface area contributed by atoms with E-state index < -0.39 is 0 Å². The summed E-state index contributed by atoms with van der Waals surface area (Å²) in [7, 11) is 1.85. The number of pyridine rings is 2. The minimum absolute atomic E-state index is 0.489. The largest absolute Gasteiger partial charge is 0.309 e. The Morgan fingerprint density at radius 3 is 2.80 bits per heavy atom. The van der Waals surface area contributed by atoms with Crippen LogP contribution in [-0.2, 0) is 13.5 Å². The molecule has 0 aliphatic heterocycles. The highest BCUT2D eigenvalue weighted by atomic mass is 35.5. The summed E-state index contributed by atoms with van der Waals surface area (Å²) in [6, 6.07) is 11.2. The summed E-state index contributed by atoms with van der Waals surface area (Å²) in [6.45, 7) is 0. The van der Waals surface area contributed by atoms with Crippen LogP contribution in [-0.4, -0.2) is 39.3 Å². The van der Waals surface area contributed by atoms with Gasteiger partial charge in [0.1, 0.15) is 11.6 Å². The van der Waals surface area contributed by atoms with Crippen molar-refractivity contribution in [2.45, 2.75) is 6.42 Å². The van der Waals surface area contributed by atoms with Gasteiger partial charge in [0.05, 0.1) is 29.0 Å². The van der Waals surface area contributed by atoms with Crippen molar-refractivity contribution in [3.63, 3.8) is 0 Å². The number of anilines is 2. The summed E-state index contributed by atoms with van der Waals surface area (Å²) in [4.78, 5) is 13.2. The molecule has 1 N–H and O–H groups in total. The van der Waals surface area contributed by atoms with Gasteiger partial charge in [0.2, 0.25) is 5.95 Å². The fourth-order valence-electron chi connectivity index (χ4n) is 3.11. The van der Waals surface area contributed by atoms with Crippen LogP contribution in [0.25, 0.3) is 16.9 Å². The van der Waals surface area contributed by atoms with E-state index in [0.717, 1.165) is 28.6 Å². The quantitative estimate of drug-likeness (QED) is 0.468. The van der Waals surface area contributed by atoms with Gasteiger partial charge in [-0.25, -0.2) is 9.97 Å². The minimum Gasteiger partial charge on any atom is -0.309 e. The molecule has 0 saturated heterocycles. The van der Waals surface area contributed by atoms with Crippen LogP contribution in [0.2, 0.25) is 5.02 Å². The lowest BCUT2D eigenvalue weighted by Gasteiger charge is -2.07. The van der Waals surface area contributed by atoms with Gasteiger partial charge in [-0.15, -0.1) is 10.2 Å². The molecule has 30 heavy (non-hydrogen) atoms. The van der Waals surface area contributed by atoms with Crippen molar-refractivity contribution in [1.82, 2.24) is 39.3 Å². The third-order valence-electron chi connectivity index (χ3n) is 4.65. The van der Waals surface area contributed by atoms with Gasteiger partial charge in [-0.2, -0.15) is 5.10 Å². The SMILES string of the molecule is Cn1nccc1Nc1nccc(-c2ccn3c(Cc4ncccc4Cl)nnc3c2)n1. The Bertz CT molecular complexity index is 1340. The van der Waals surface area contributed by atoms with Crippen molar-refractivity contribution < 1.29 is 0 Å². The standard InChI is InChI=1S/C20H16ClN9/c1-29-17(5-9-24-29)26-20-23-8-4-15(25-20)13-6-10-30-18(11-13)27-28-19(30)12-16-14(21)3-2-7-22-16/h2-11H,12H2,1H3,(H,23,25,26). The van der Waals surface area contributed by atoms with E-state index in [9.17, 15) is 0 Å². The molecule has 5 rings (SSSR count). The molecule has 0 atom stereocenters. The van der Waals surface area contributed by atoms with Gasteiger partial charge in [-0.1, -0.05) is 11.6 Å². The second-order valence-electron chi connectivity index (χ2n) is 6.60. The van der Waals surface area contributed by atoms with E-state index in [0.29, 0.717) is 23.0 Å². The van der Waals surface area contributed by atoms with Crippen molar-refractivity contribution in [3.8, 4) is 11.3 Å². The molecule has 148 valence electrons. The molecule has 0 aliphatic carbocycles. The molecule has 0 unspecified atom stereocenters. The Hall–Kier alpha value is -3.85. The number of hydrogen-bond acceptors (Lipinski definition) is 7. The second kappa shape index (κ2) is 7.53. The zero-order valence-electron chi connectivity index (χ0n) is 15.9. The lowest BCUT2D eigenvalue weighted by molar-refractivity contribution is 0.775. The van der Waals surface area contributed by atoms with Gasteiger partial charge in [-0.05, 0) is 30.3 Å². The van der Waals surface area contributed by atoms with Crippen molar-refractivity contribution in [3.05, 3.63) is 77.7 Å². The molecular formula is C20H16ClN9. The van der Waals surface area contributed by atoms with E-state index in [4.69, 9.17) is 11.6 Å². The number of nitrogens with one attached hydrogen (secondary N) is 1. The molecule has 0 bridgehead atoms. The average Bonchev–Trinajstić information content (AvgIpc) is 3.35. The van der Waals surface area contributed by atoms with Crippen LogP contribution >= 0.6 is 11.6 Å². The Balaban J connectivity index is 1.44. The summed E-state index contributed by atoms with van der Waals surface area (Å²) in [5, 5.41) is 16.5. The molecule has 0 amide bonds. The van der Waals surface area contributed by atoms with Crippen LogP contribution in [0.5, 0.6) is 0 Å². The van der Waals surface area contributed by atoms with Crippen molar-refractivity contribution in [1.29, 1.82) is 0 Å². The van der Waals surface area contributed by atoms with Crippen molar-refractivity contribution in [2.75, 3.05) is 5.32 Å². The molecular weight excluding hydrogens is 402 g/mol. The molecule has 0 aromatic carbocycles. The third-order valence-corrected chi connectivity index (χ3v) is 5.00. The van der Waals surface area contributed by atoms with Crippen LogP contribution in [0.1, 0.15) is 11.5 Å². The van der Waals surface area contributed by atoms with Gasteiger partial charge in [-0.3, -0.25) is 14.1 Å². The molecule has 5 heterocycles. The number of fused-ring (bicyclic) bond motifs is 1. The highest BCUT2D eigenvalue weighted by Crippen LogP contribution is 2.22. The fourth-order valence-corrected chi connectivity index (χ4v) is 3.30. The maximum Gasteiger partial charge on any atom is 0.228 e. The molecule has 5 aromatic rings. The molecule has 0 fully saturated rings. The number of aromatic nitrogens is 8. The topological polar surface area (TPSA) is 98.7 Å². The zero-order valence-corrected chi connectivity index (χ0v) is 16.7. The first-order valence-electron chi connectivity index (χ1n) is 9.19. The minimum atomic E-state index is 0.489. The lowest BCUT2D eigenvalue weighted by atomic mass is 10.2. The van der Waals surface area contributed by atoms with Crippen molar-refractivity contribution >= 4 is 29.0 Å². The molecule has 0 radical (unpaired) electrons. The summed E-state index contributed by atoms with van der Waals surface area (Å²) in [5.74, 6) is 2.05. The molecule has 0 aliphatic rings. The Morgan fingerprint density at radius 2 is 1.97 bits per heavy atom. The number of rotatable bonds is 5. The van der Waals surface area contributed by atoms with E-state index in [1.165, 1.54) is 0 Å². The Morgan fingerprint density at radius 1 is 1.03 bits per heavy atom. The third kappa shape index (κ3) is 3.46. The predicted octanol–water partition coefficient (Wildman–Crippen LogP) is 3.30. The summed E-state index contributed by atoms with van der Waals surface area (Å²) >= 11 is 6.23. The lowest BCUT2D eigenvalue weighted by Crippen LogP contribution is -2.03. The monoisotopic (exact) mass is 417 g/mol. The van der Waals surface area contributed by atoms with Crippen molar-refractivity contribution in [2.24, 2.45) is 7.05 Å². The van der Waals surface area contributed by atoms with Crippen LogP contribution in [0, 0.1) is 0 Å². The summed E-state index contributed by atoms with van der Waals surface area (Å²) < 4.78 is 3.64. The molecule has 5 aromatic heterocycles. The Labute approximate surface area is 176 Å². The normalized spacial score (nSPS) is 11.1. The summed E-state index contributed by atoms with van der Waals surface area (Å²) in [5.41, 5.74) is 3.16. The highest BCUT2D eigenvalue weighted by molar-refractivity contribution is 6.31. The first-order valence-corrected chi connectivity index (χ1v) is 9.57. The zero-order chi connectivity index (χ0) is 20.5. The van der Waals surface area contributed by atoms with Crippen LogP contribution < -0.4 is 5.32 Å². The van der Waals surface area contributed by atoms with Gasteiger partial charge in [0.25, 0.3) is 0 Å². The number of aryl methyl sites for hydroxylation is 1. The van der Waals surface area contributed by atoms with Gasteiger partial charge < -0.3 is 5.32 Å². The Kier molecular flexibility index (Phi) is 4.56. The maximum atomic E-state index is 6.23. The number of nitrogens with zero attached hydrogens (tertiary/aromatic N) is 8. The van der Waals surface area contributed by atoms with E-state index in [1.54, 1.807) is 29.3 Å². The van der Waals surface area contributed by atoms with Gasteiger partial charge in [0.15, 0.2) is 5.65 Å². The number of halogens is 1. The summed E-state index contributed by atoms with van der Waals surface area (Å²) in [6.07, 6.45) is 7.55. The maximum absolute atomic E-state index is 6.23. The van der Waals surface area contributed by atoms with Gasteiger partial charge in [0, 0.05) is 37.3 Å². The van der Waals surface area contributed by atoms with Crippen LogP contribution in [0.15, 0.2) is 61.2 Å². The molecule has 9 nitrogen and oxygen atoms in total. The first kappa shape index (κ1) is 18.2. The number of hydrogen-bond donors (Lipinski definition) is 1. The molecule has 10 heteroatoms. The van der Waals surface area contributed by atoms with E-state index in [-0.39, 0.29) is 0 Å². The average molecular weight is 418 g/mol. The first-order chi connectivity index (χ1) is 14.7. The van der Waals surface area contributed by atoms with Gasteiger partial charge >= 0.3 is 0 Å². The molecule has 0 saturated carbocycles. The van der Waals surface area contributed by atoms with E-state index >= 15 is 0 Å². The second-order valence-corrected chi connectivity index (χ2v) is 7.01. The van der Waals surface area contributed by atoms with Crippen LogP contribution in [0.3, 0.4) is 0 Å². The van der Waals surface area contributed by atoms with E-state index in [1.807, 2.05) is 48.0 Å². The fraction of sp³-hybridized carbons (Fsp3) is 0.100. The smallest absolute Gasteiger partial charge is 0.228 e. The van der Waals surface area contributed by atoms with Crippen LogP contribution in [0.4, 0.5) is 11.8 Å². The predicted molar refractivity (Wildman–Crippen MR) is 113 cm³/mol. The highest BCUT2D eigenvalue weighted by Gasteiger charge is 2.12.